The van der Waals surface area contributed by atoms with E-state index in [4.69, 9.17) is 11.5 Å². The number of amides is 3. The molecule has 3 amide bonds. The van der Waals surface area contributed by atoms with Gasteiger partial charge in [0.25, 0.3) is 11.8 Å². The van der Waals surface area contributed by atoms with Crippen molar-refractivity contribution in [3.63, 3.8) is 0 Å². The van der Waals surface area contributed by atoms with Crippen molar-refractivity contribution < 1.29 is 14.4 Å². The van der Waals surface area contributed by atoms with Crippen LogP contribution < -0.4 is 21.7 Å². The number of nitrogens with two attached hydrogens (primary N) is 2. The minimum Gasteiger partial charge on any atom is -0.395 e. The monoisotopic (exact) mass is 511 g/mol. The standard InChI is InChI=1S/C25H29N5O3S2/c1-14-11-15(2)13-17(12-14)30(25(33)22-19(26)20(23(27)31)29-35-22)21(18-9-6-10-34-18)24(32)28-16-7-4-3-5-8-16/h6,9-13,16,21H,3-5,7-8,26H2,1-2H3,(H2,27,31)(H,28,32)/t21-/m0/s1. The molecular weight excluding hydrogens is 482 g/mol. The molecule has 0 bridgehead atoms. The molecule has 0 aliphatic heterocycles. The molecule has 10 heteroatoms. The lowest BCUT2D eigenvalue weighted by Crippen LogP contribution is -2.47. The van der Waals surface area contributed by atoms with Crippen LogP contribution in [-0.4, -0.2) is 28.1 Å². The van der Waals surface area contributed by atoms with Crippen molar-refractivity contribution in [1.82, 2.24) is 9.69 Å². The van der Waals surface area contributed by atoms with Crippen LogP contribution in [0.25, 0.3) is 0 Å². The van der Waals surface area contributed by atoms with E-state index in [1.54, 1.807) is 0 Å². The first kappa shape index (κ1) is 24.9. The van der Waals surface area contributed by atoms with E-state index >= 15 is 0 Å². The average molecular weight is 512 g/mol. The number of carbonyl (C=O) groups excluding carboxylic acids is 3. The van der Waals surface area contributed by atoms with Gasteiger partial charge in [0.1, 0.15) is 4.88 Å². The third kappa shape index (κ3) is 5.38. The molecule has 4 rings (SSSR count). The fourth-order valence-electron chi connectivity index (χ4n) is 4.56. The number of anilines is 2. The average Bonchev–Trinajstić information content (AvgIpc) is 3.46. The molecule has 2 heterocycles. The van der Waals surface area contributed by atoms with Crippen LogP contribution in [0.1, 0.15) is 74.3 Å². The maximum absolute atomic E-state index is 14.0. The summed E-state index contributed by atoms with van der Waals surface area (Å²) in [7, 11) is 0. The van der Waals surface area contributed by atoms with Gasteiger partial charge in [-0.3, -0.25) is 19.3 Å². The van der Waals surface area contributed by atoms with Gasteiger partial charge in [-0.1, -0.05) is 31.4 Å². The molecule has 35 heavy (non-hydrogen) atoms. The first-order valence-corrected chi connectivity index (χ1v) is 13.2. The van der Waals surface area contributed by atoms with Crippen LogP contribution in [-0.2, 0) is 4.79 Å². The second-order valence-corrected chi connectivity index (χ2v) is 10.7. The summed E-state index contributed by atoms with van der Waals surface area (Å²) in [6, 6.07) is 8.60. The molecule has 2 aromatic heterocycles. The minimum atomic E-state index is -0.913. The van der Waals surface area contributed by atoms with Gasteiger partial charge in [0.05, 0.1) is 5.69 Å². The number of aromatic nitrogens is 1. The van der Waals surface area contributed by atoms with Gasteiger partial charge in [-0.15, -0.1) is 11.3 Å². The molecule has 1 fully saturated rings. The number of hydrogen-bond donors (Lipinski definition) is 3. The number of rotatable bonds is 7. The predicted molar refractivity (Wildman–Crippen MR) is 140 cm³/mol. The van der Waals surface area contributed by atoms with E-state index in [0.29, 0.717) is 5.69 Å². The second kappa shape index (κ2) is 10.6. The first-order chi connectivity index (χ1) is 16.8. The van der Waals surface area contributed by atoms with Crippen molar-refractivity contribution in [2.45, 2.75) is 58.0 Å². The third-order valence-corrected chi connectivity index (χ3v) is 7.91. The molecule has 0 saturated heterocycles. The summed E-state index contributed by atoms with van der Waals surface area (Å²) in [4.78, 5) is 41.9. The van der Waals surface area contributed by atoms with Crippen LogP contribution >= 0.6 is 22.9 Å². The van der Waals surface area contributed by atoms with Gasteiger partial charge in [0, 0.05) is 16.6 Å². The highest BCUT2D eigenvalue weighted by atomic mass is 32.1. The Labute approximate surface area is 212 Å². The SMILES string of the molecule is Cc1cc(C)cc(N(C(=O)c2snc(C(N)=O)c2N)[C@H](C(=O)NC2CCCCC2)c2cccs2)c1. The summed E-state index contributed by atoms with van der Waals surface area (Å²) in [5.41, 5.74) is 13.8. The van der Waals surface area contributed by atoms with E-state index in [0.717, 1.165) is 53.2 Å². The molecule has 1 saturated carbocycles. The number of nitrogen functional groups attached to an aromatic ring is 1. The van der Waals surface area contributed by atoms with Gasteiger partial charge < -0.3 is 16.8 Å². The molecule has 5 N–H and O–H groups in total. The Hall–Kier alpha value is -3.24. The number of nitrogens with one attached hydrogen (secondary N) is 1. The van der Waals surface area contributed by atoms with Crippen LogP contribution in [0.2, 0.25) is 0 Å². The zero-order valence-electron chi connectivity index (χ0n) is 19.7. The highest BCUT2D eigenvalue weighted by molar-refractivity contribution is 7.10. The molecule has 0 spiro atoms. The zero-order chi connectivity index (χ0) is 25.1. The van der Waals surface area contributed by atoms with Gasteiger partial charge in [0.15, 0.2) is 11.7 Å². The number of benzene rings is 1. The van der Waals surface area contributed by atoms with Crippen molar-refractivity contribution >= 4 is 52.0 Å². The number of hydrogen-bond acceptors (Lipinski definition) is 7. The molecule has 1 aliphatic rings. The van der Waals surface area contributed by atoms with Gasteiger partial charge in [-0.05, 0) is 72.9 Å². The van der Waals surface area contributed by atoms with Gasteiger partial charge in [0.2, 0.25) is 5.91 Å². The smallest absolute Gasteiger partial charge is 0.273 e. The van der Waals surface area contributed by atoms with Crippen LogP contribution in [0, 0.1) is 13.8 Å². The topological polar surface area (TPSA) is 131 Å². The molecule has 0 unspecified atom stereocenters. The number of nitrogens with zero attached hydrogens (tertiary/aromatic N) is 2. The quantitative estimate of drug-likeness (QED) is 0.434. The Morgan fingerprint density at radius 2 is 1.80 bits per heavy atom. The largest absolute Gasteiger partial charge is 0.395 e. The molecule has 1 aliphatic carbocycles. The van der Waals surface area contributed by atoms with Crippen molar-refractivity contribution in [2.24, 2.45) is 5.73 Å². The van der Waals surface area contributed by atoms with Crippen molar-refractivity contribution in [2.75, 3.05) is 10.6 Å². The van der Waals surface area contributed by atoms with E-state index in [1.165, 1.54) is 22.7 Å². The van der Waals surface area contributed by atoms with E-state index < -0.39 is 17.9 Å². The number of aryl methyl sites for hydroxylation is 2. The fourth-order valence-corrected chi connectivity index (χ4v) is 6.11. The lowest BCUT2D eigenvalue weighted by Gasteiger charge is -2.33. The minimum absolute atomic E-state index is 0.0699. The fraction of sp³-hybridized carbons (Fsp3) is 0.360. The maximum Gasteiger partial charge on any atom is 0.273 e. The number of thiophene rings is 1. The third-order valence-electron chi connectivity index (χ3n) is 6.13. The van der Waals surface area contributed by atoms with Crippen LogP contribution in [0.3, 0.4) is 0 Å². The van der Waals surface area contributed by atoms with E-state index in [-0.39, 0.29) is 28.2 Å². The lowest BCUT2D eigenvalue weighted by molar-refractivity contribution is -0.123. The molecule has 3 aromatic rings. The summed E-state index contributed by atoms with van der Waals surface area (Å²) < 4.78 is 4.00. The van der Waals surface area contributed by atoms with Gasteiger partial charge >= 0.3 is 0 Å². The summed E-state index contributed by atoms with van der Waals surface area (Å²) in [6.45, 7) is 3.88. The molecule has 1 atom stereocenters. The Balaban J connectivity index is 1.82. The Morgan fingerprint density at radius 3 is 2.37 bits per heavy atom. The van der Waals surface area contributed by atoms with E-state index in [1.807, 2.05) is 49.6 Å². The zero-order valence-corrected chi connectivity index (χ0v) is 21.4. The molecule has 184 valence electrons. The second-order valence-electron chi connectivity index (χ2n) is 8.92. The van der Waals surface area contributed by atoms with Gasteiger partial charge in [-0.2, -0.15) is 4.37 Å². The molecule has 0 radical (unpaired) electrons. The van der Waals surface area contributed by atoms with Crippen molar-refractivity contribution in [1.29, 1.82) is 0 Å². The molecule has 8 nitrogen and oxygen atoms in total. The van der Waals surface area contributed by atoms with Crippen LogP contribution in [0.5, 0.6) is 0 Å². The van der Waals surface area contributed by atoms with E-state index in [2.05, 4.69) is 9.69 Å². The van der Waals surface area contributed by atoms with Crippen molar-refractivity contribution in [3.8, 4) is 0 Å². The Morgan fingerprint density at radius 1 is 1.11 bits per heavy atom. The molecular formula is C25H29N5O3S2. The Kier molecular flexibility index (Phi) is 7.51. The Bertz CT molecular complexity index is 1210. The van der Waals surface area contributed by atoms with Crippen LogP contribution in [0.15, 0.2) is 35.7 Å². The van der Waals surface area contributed by atoms with Crippen molar-refractivity contribution in [3.05, 3.63) is 62.3 Å². The van der Waals surface area contributed by atoms with E-state index in [9.17, 15) is 14.4 Å². The molecule has 1 aromatic carbocycles. The summed E-state index contributed by atoms with van der Waals surface area (Å²) in [5.74, 6) is -1.56. The maximum atomic E-state index is 14.0. The first-order valence-electron chi connectivity index (χ1n) is 11.6. The normalized spacial score (nSPS) is 14.9. The predicted octanol–water partition coefficient (Wildman–Crippen LogP) is 4.34. The summed E-state index contributed by atoms with van der Waals surface area (Å²) >= 11 is 2.22. The number of carbonyl (C=O) groups is 3. The summed E-state index contributed by atoms with van der Waals surface area (Å²) in [5, 5.41) is 5.07. The van der Waals surface area contributed by atoms with Gasteiger partial charge in [-0.25, -0.2) is 0 Å². The summed E-state index contributed by atoms with van der Waals surface area (Å²) in [6.07, 6.45) is 5.15. The number of primary amides is 1. The highest BCUT2D eigenvalue weighted by Crippen LogP contribution is 2.36. The van der Waals surface area contributed by atoms with Crippen LogP contribution in [0.4, 0.5) is 11.4 Å². The lowest BCUT2D eigenvalue weighted by atomic mass is 9.95. The highest BCUT2D eigenvalue weighted by Gasteiger charge is 2.37.